The van der Waals surface area contributed by atoms with Gasteiger partial charge in [0, 0.05) is 28.1 Å². The first-order chi connectivity index (χ1) is 19.5. The quantitative estimate of drug-likeness (QED) is 0.218. The molecule has 1 saturated carbocycles. The number of hydrogen-bond donors (Lipinski definition) is 1. The fourth-order valence-electron chi connectivity index (χ4n) is 6.13. The molecule has 5 nitrogen and oxygen atoms in total. The molecule has 1 N–H and O–H groups in total. The summed E-state index contributed by atoms with van der Waals surface area (Å²) in [4.78, 5) is 37.7. The largest absolute Gasteiger partial charge is 0.489 e. The van der Waals surface area contributed by atoms with Gasteiger partial charge in [0.05, 0.1) is 6.61 Å². The van der Waals surface area contributed by atoms with Crippen molar-refractivity contribution in [2.24, 2.45) is 5.92 Å². The lowest BCUT2D eigenvalue weighted by molar-refractivity contribution is -0.137. The molecule has 0 unspecified atom stereocenters. The van der Waals surface area contributed by atoms with Gasteiger partial charge in [0.1, 0.15) is 0 Å². The number of carbonyl (C=O) groups is 3. The van der Waals surface area contributed by atoms with Crippen molar-refractivity contribution in [3.05, 3.63) is 81.6 Å². The first kappa shape index (κ1) is 30.0. The molecule has 1 fully saturated rings. The average molecular weight is 565 g/mol. The number of carboxylic acids is 1. The Bertz CT molecular complexity index is 1190. The van der Waals surface area contributed by atoms with E-state index in [1.54, 1.807) is 18.2 Å². The lowest BCUT2D eigenvalue weighted by atomic mass is 9.72. The summed E-state index contributed by atoms with van der Waals surface area (Å²) in [6.07, 6.45) is 13.2. The number of benzene rings is 2. The normalized spacial score (nSPS) is 19.0. The Balaban J connectivity index is 1.30. The lowest BCUT2D eigenvalue weighted by Crippen LogP contribution is -2.29. The zero-order valence-corrected chi connectivity index (χ0v) is 24.1. The molecular weight excluding hydrogens is 524 g/mol. The van der Waals surface area contributed by atoms with Crippen LogP contribution in [-0.4, -0.2) is 29.2 Å². The van der Waals surface area contributed by atoms with Crippen LogP contribution in [0.4, 0.5) is 0 Å². The van der Waals surface area contributed by atoms with Gasteiger partial charge in [-0.2, -0.15) is 0 Å². The van der Waals surface area contributed by atoms with Crippen molar-refractivity contribution in [1.82, 2.24) is 0 Å². The predicted molar refractivity (Wildman–Crippen MR) is 158 cm³/mol. The van der Waals surface area contributed by atoms with E-state index < -0.39 is 5.97 Å². The number of allylic oxidation sites excluding steroid dienone is 2. The number of aliphatic carboxylic acids is 1. The highest BCUT2D eigenvalue weighted by atomic mass is 35.5. The molecule has 0 spiro atoms. The molecule has 214 valence electrons. The Morgan fingerprint density at radius 3 is 1.85 bits per heavy atom. The summed E-state index contributed by atoms with van der Waals surface area (Å²) in [5.41, 5.74) is 2.81. The van der Waals surface area contributed by atoms with E-state index in [4.69, 9.17) is 21.4 Å². The van der Waals surface area contributed by atoms with Crippen molar-refractivity contribution < 1.29 is 24.2 Å². The van der Waals surface area contributed by atoms with Crippen molar-refractivity contribution in [2.45, 2.75) is 95.8 Å². The first-order valence-electron chi connectivity index (χ1n) is 15.0. The number of ketones is 2. The minimum absolute atomic E-state index is 0.0267. The Morgan fingerprint density at radius 2 is 1.25 bits per heavy atom. The standard InChI is InChI=1S/C34H41ClO5/c35-27-21-19-25(20-22-27)24-15-17-26(18-16-24)31-32(38)28-12-9-10-13-29(28)33(39)34(31)40-23-11-7-5-3-1-2-4-6-8-14-30(36)37/h9-10,12-13,19-22,24,26H,1-8,11,14-18,23H2,(H,36,37)/t24-,26-. The van der Waals surface area contributed by atoms with Crippen LogP contribution < -0.4 is 0 Å². The van der Waals surface area contributed by atoms with Crippen LogP contribution in [0.1, 0.15) is 122 Å². The van der Waals surface area contributed by atoms with Gasteiger partial charge in [0.25, 0.3) is 0 Å². The number of fused-ring (bicyclic) bond motifs is 1. The van der Waals surface area contributed by atoms with Crippen molar-refractivity contribution >= 4 is 29.1 Å². The topological polar surface area (TPSA) is 80.7 Å². The maximum absolute atomic E-state index is 13.7. The zero-order valence-electron chi connectivity index (χ0n) is 23.3. The van der Waals surface area contributed by atoms with Gasteiger partial charge in [0.2, 0.25) is 5.78 Å². The fourth-order valence-corrected chi connectivity index (χ4v) is 6.25. The SMILES string of the molecule is O=C(O)CCCCCCCCCCCOC1=C([C@H]2CC[C@H](c3ccc(Cl)cc3)CC2)C(=O)c2ccccc2C1=O. The van der Waals surface area contributed by atoms with Gasteiger partial charge < -0.3 is 9.84 Å². The molecular formula is C34H41ClO5. The number of halogens is 1. The van der Waals surface area contributed by atoms with Crippen LogP contribution in [0.25, 0.3) is 0 Å². The minimum atomic E-state index is -0.713. The third kappa shape index (κ3) is 8.06. The molecule has 2 aromatic rings. The van der Waals surface area contributed by atoms with Crippen LogP contribution in [0.2, 0.25) is 5.02 Å². The highest BCUT2D eigenvalue weighted by Crippen LogP contribution is 2.42. The summed E-state index contributed by atoms with van der Waals surface area (Å²) in [5, 5.41) is 9.43. The second-order valence-corrected chi connectivity index (χ2v) is 11.7. The average Bonchev–Trinajstić information content (AvgIpc) is 2.96. The van der Waals surface area contributed by atoms with Crippen molar-refractivity contribution in [2.75, 3.05) is 6.61 Å². The molecule has 2 aliphatic carbocycles. The van der Waals surface area contributed by atoms with Gasteiger partial charge in [-0.25, -0.2) is 0 Å². The molecule has 40 heavy (non-hydrogen) atoms. The molecule has 0 atom stereocenters. The molecule has 0 amide bonds. The number of carbonyl (C=O) groups excluding carboxylic acids is 2. The van der Waals surface area contributed by atoms with E-state index in [0.29, 0.717) is 29.2 Å². The third-order valence-electron chi connectivity index (χ3n) is 8.37. The molecule has 0 saturated heterocycles. The molecule has 0 aromatic heterocycles. The lowest BCUT2D eigenvalue weighted by Gasteiger charge is -2.32. The minimum Gasteiger partial charge on any atom is -0.489 e. The highest BCUT2D eigenvalue weighted by molar-refractivity contribution is 6.30. The predicted octanol–water partition coefficient (Wildman–Crippen LogP) is 8.95. The molecule has 4 rings (SSSR count). The van der Waals surface area contributed by atoms with Crippen molar-refractivity contribution in [3.63, 3.8) is 0 Å². The molecule has 6 heteroatoms. The number of ether oxygens (including phenoxy) is 1. The third-order valence-corrected chi connectivity index (χ3v) is 8.62. The van der Waals surface area contributed by atoms with E-state index in [-0.39, 0.29) is 29.7 Å². The van der Waals surface area contributed by atoms with E-state index >= 15 is 0 Å². The molecule has 2 aromatic carbocycles. The van der Waals surface area contributed by atoms with Gasteiger partial charge in [-0.1, -0.05) is 92.9 Å². The van der Waals surface area contributed by atoms with E-state index in [1.165, 1.54) is 5.56 Å². The summed E-state index contributed by atoms with van der Waals surface area (Å²) >= 11 is 6.07. The van der Waals surface area contributed by atoms with Crippen molar-refractivity contribution in [3.8, 4) is 0 Å². The fraction of sp³-hybridized carbons (Fsp3) is 0.500. The van der Waals surface area contributed by atoms with Crippen LogP contribution in [0.3, 0.4) is 0 Å². The Labute approximate surface area is 243 Å². The van der Waals surface area contributed by atoms with E-state index in [1.807, 2.05) is 18.2 Å². The summed E-state index contributed by atoms with van der Waals surface area (Å²) < 4.78 is 6.15. The molecule has 0 heterocycles. The smallest absolute Gasteiger partial charge is 0.303 e. The summed E-state index contributed by atoms with van der Waals surface area (Å²) in [7, 11) is 0. The van der Waals surface area contributed by atoms with Crippen LogP contribution in [-0.2, 0) is 9.53 Å². The monoisotopic (exact) mass is 564 g/mol. The Hall–Kier alpha value is -2.92. The maximum Gasteiger partial charge on any atom is 0.303 e. The molecule has 2 aliphatic rings. The summed E-state index contributed by atoms with van der Waals surface area (Å²) in [6.45, 7) is 0.440. The van der Waals surface area contributed by atoms with Gasteiger partial charge in [-0.15, -0.1) is 0 Å². The highest BCUT2D eigenvalue weighted by Gasteiger charge is 2.38. The number of unbranched alkanes of at least 4 members (excludes halogenated alkanes) is 8. The van der Waals surface area contributed by atoms with Gasteiger partial charge in [0.15, 0.2) is 11.5 Å². The molecule has 0 aliphatic heterocycles. The van der Waals surface area contributed by atoms with Crippen LogP contribution >= 0.6 is 11.6 Å². The number of Topliss-reactive ketones (excluding diaryl/α,β-unsaturated/α-hetero) is 2. The second-order valence-electron chi connectivity index (χ2n) is 11.2. The van der Waals surface area contributed by atoms with E-state index in [2.05, 4.69) is 12.1 Å². The summed E-state index contributed by atoms with van der Waals surface area (Å²) in [6, 6.07) is 15.2. The number of rotatable bonds is 15. The first-order valence-corrected chi connectivity index (χ1v) is 15.4. The van der Waals surface area contributed by atoms with Gasteiger partial charge in [-0.3, -0.25) is 14.4 Å². The van der Waals surface area contributed by atoms with Crippen molar-refractivity contribution in [1.29, 1.82) is 0 Å². The molecule has 0 bridgehead atoms. The van der Waals surface area contributed by atoms with Gasteiger partial charge >= 0.3 is 5.97 Å². The zero-order chi connectivity index (χ0) is 28.3. The van der Waals surface area contributed by atoms with Gasteiger partial charge in [-0.05, 0) is 68.1 Å². The molecule has 0 radical (unpaired) electrons. The van der Waals surface area contributed by atoms with E-state index in [9.17, 15) is 14.4 Å². The van der Waals surface area contributed by atoms with Crippen LogP contribution in [0.5, 0.6) is 0 Å². The number of hydrogen-bond acceptors (Lipinski definition) is 4. The Kier molecular flexibility index (Phi) is 11.4. The van der Waals surface area contributed by atoms with Crippen LogP contribution in [0, 0.1) is 5.92 Å². The second kappa shape index (κ2) is 15.2. The summed E-state index contributed by atoms with van der Waals surface area (Å²) in [5.74, 6) is -0.185. The van der Waals surface area contributed by atoms with E-state index in [0.717, 1.165) is 88.5 Å². The number of carboxylic acid groups (broad SMARTS) is 1. The maximum atomic E-state index is 13.7. The van der Waals surface area contributed by atoms with Crippen LogP contribution in [0.15, 0.2) is 59.9 Å². The Morgan fingerprint density at radius 1 is 0.725 bits per heavy atom.